The van der Waals surface area contributed by atoms with Crippen molar-refractivity contribution in [2.24, 2.45) is 11.8 Å². The van der Waals surface area contributed by atoms with Gasteiger partial charge in [0.1, 0.15) is 23.8 Å². The molecule has 6 atom stereocenters. The number of para-hydroxylation sites is 1. The fourth-order valence-electron chi connectivity index (χ4n) is 13.7. The highest BCUT2D eigenvalue weighted by Gasteiger charge is 2.45. The van der Waals surface area contributed by atoms with Crippen LogP contribution < -0.4 is 30.5 Å². The number of nitriles is 1. The number of aliphatic hydroxyl groups excluding tert-OH is 1. The van der Waals surface area contributed by atoms with E-state index in [2.05, 4.69) is 68.4 Å². The van der Waals surface area contributed by atoms with Crippen LogP contribution in [0.2, 0.25) is 0 Å². The molecule has 20 nitrogen and oxygen atoms in total. The van der Waals surface area contributed by atoms with Crippen LogP contribution in [0, 0.1) is 30.1 Å². The van der Waals surface area contributed by atoms with Gasteiger partial charge in [0.05, 0.1) is 63.4 Å². The Morgan fingerprint density at radius 3 is 2.37 bits per heavy atom. The van der Waals surface area contributed by atoms with Gasteiger partial charge in [-0.2, -0.15) is 5.26 Å². The highest BCUT2D eigenvalue weighted by molar-refractivity contribution is 7.13. The first-order chi connectivity index (χ1) is 40.2. The molecule has 1 aliphatic carbocycles. The highest BCUT2D eigenvalue weighted by Crippen LogP contribution is 2.41. The summed E-state index contributed by atoms with van der Waals surface area (Å²) in [5.41, 5.74) is 14.3. The van der Waals surface area contributed by atoms with Crippen molar-refractivity contribution in [3.8, 4) is 39.4 Å². The second kappa shape index (κ2) is 24.1. The number of rotatable bonds is 17. The molecule has 83 heavy (non-hydrogen) atoms. The molecular formula is C62H75N13O7S. The molecule has 21 heteroatoms. The number of piperazine rings is 1. The SMILES string of the molecule is Cc1ncsc1-c1ccc([C@H](C)NC(=O)[C@@H]2C[C@@H](O)CN2C(=O)[C@@H](c2cc(N3CCC(CN4CCC(OC5CC(Oc6cc(N7C8CCC7CN(c7cc(-c9ccccc9O)nnc7N)C8)ccn6)C5)CC4)CC3)no2)C(C)C)c(C#N)c1. The third-order valence-electron chi connectivity index (χ3n) is 18.2. The largest absolute Gasteiger partial charge is 0.507 e. The Labute approximate surface area is 488 Å². The smallest absolute Gasteiger partial charge is 0.243 e. The quantitative estimate of drug-likeness (QED) is 0.0678. The molecule has 436 valence electrons. The molecule has 6 aromatic rings. The van der Waals surface area contributed by atoms with Gasteiger partial charge < -0.3 is 59.8 Å². The summed E-state index contributed by atoms with van der Waals surface area (Å²) in [6, 6.07) is 22.2. The number of aromatic nitrogens is 5. The molecule has 5 N–H and O–H groups in total. The van der Waals surface area contributed by atoms with E-state index in [1.54, 1.807) is 17.6 Å². The molecule has 2 amide bonds. The number of amides is 2. The number of piperidine rings is 2. The summed E-state index contributed by atoms with van der Waals surface area (Å²) in [5.74, 6) is 1.40. The second-order valence-corrected chi connectivity index (χ2v) is 24.9. The lowest BCUT2D eigenvalue weighted by atomic mass is 9.91. The van der Waals surface area contributed by atoms with Gasteiger partial charge in [-0.15, -0.1) is 21.5 Å². The molecule has 1 saturated carbocycles. The number of phenolic OH excluding ortho intramolecular Hbond substituents is 1. The zero-order valence-corrected chi connectivity index (χ0v) is 48.5. The number of ether oxygens (including phenoxy) is 2. The highest BCUT2D eigenvalue weighted by atomic mass is 32.1. The van der Waals surface area contributed by atoms with Crippen molar-refractivity contribution in [2.75, 3.05) is 72.8 Å². The summed E-state index contributed by atoms with van der Waals surface area (Å²) in [6.07, 6.45) is 9.60. The number of nitrogen functional groups attached to an aromatic ring is 1. The molecule has 6 aliphatic rings. The van der Waals surface area contributed by atoms with E-state index in [0.29, 0.717) is 63.7 Å². The molecule has 5 saturated heterocycles. The van der Waals surface area contributed by atoms with Gasteiger partial charge in [0.2, 0.25) is 17.7 Å². The van der Waals surface area contributed by atoms with E-state index in [-0.39, 0.29) is 54.8 Å². The third kappa shape index (κ3) is 11.9. The van der Waals surface area contributed by atoms with Crippen LogP contribution in [0.4, 0.5) is 23.0 Å². The molecule has 0 spiro atoms. The first-order valence-electron chi connectivity index (χ1n) is 29.6. The van der Waals surface area contributed by atoms with Crippen LogP contribution in [0.15, 0.2) is 83.0 Å². The summed E-state index contributed by atoms with van der Waals surface area (Å²) >= 11 is 1.51. The minimum Gasteiger partial charge on any atom is -0.507 e. The second-order valence-electron chi connectivity index (χ2n) is 24.1. The summed E-state index contributed by atoms with van der Waals surface area (Å²) in [5, 5.41) is 47.5. The molecule has 12 rings (SSSR count). The van der Waals surface area contributed by atoms with Crippen LogP contribution in [0.1, 0.15) is 113 Å². The van der Waals surface area contributed by atoms with Crippen molar-refractivity contribution >= 4 is 46.2 Å². The summed E-state index contributed by atoms with van der Waals surface area (Å²) in [4.78, 5) is 49.5. The lowest BCUT2D eigenvalue weighted by Crippen LogP contribution is -2.54. The number of pyridine rings is 1. The first kappa shape index (κ1) is 56.1. The number of anilines is 4. The van der Waals surface area contributed by atoms with Crippen molar-refractivity contribution in [3.05, 3.63) is 101 Å². The Hall–Kier alpha value is -7.38. The maximum Gasteiger partial charge on any atom is 0.243 e. The molecule has 4 aromatic heterocycles. The van der Waals surface area contributed by atoms with E-state index >= 15 is 0 Å². The minimum absolute atomic E-state index is 0.0323. The van der Waals surface area contributed by atoms with Crippen LogP contribution in [-0.2, 0) is 14.3 Å². The predicted octanol–water partition coefficient (Wildman–Crippen LogP) is 7.86. The number of nitrogens with zero attached hydrogens (tertiary/aromatic N) is 11. The fraction of sp³-hybridized carbons (Fsp3) is 0.516. The van der Waals surface area contributed by atoms with Crippen molar-refractivity contribution in [2.45, 2.75) is 140 Å². The summed E-state index contributed by atoms with van der Waals surface area (Å²) < 4.78 is 19.0. The molecule has 6 fully saturated rings. The number of benzene rings is 2. The average Bonchev–Trinajstić information content (AvgIpc) is 4.51. The number of fused-ring (bicyclic) bond motifs is 2. The number of carbonyl (C=O) groups is 2. The number of β-amino-alcohol motifs (C(OH)–C–C–N with tert-alkyl or cyclic N) is 1. The zero-order chi connectivity index (χ0) is 57.5. The van der Waals surface area contributed by atoms with Gasteiger partial charge in [0.15, 0.2) is 17.4 Å². The topological polar surface area (TPSA) is 249 Å². The predicted molar refractivity (Wildman–Crippen MR) is 316 cm³/mol. The average molecular weight is 1150 g/mol. The van der Waals surface area contributed by atoms with E-state index < -0.39 is 24.1 Å². The van der Waals surface area contributed by atoms with E-state index in [1.807, 2.05) is 76.4 Å². The Morgan fingerprint density at radius 1 is 0.880 bits per heavy atom. The van der Waals surface area contributed by atoms with Gasteiger partial charge in [0.25, 0.3) is 0 Å². The van der Waals surface area contributed by atoms with Crippen LogP contribution in [0.3, 0.4) is 0 Å². The van der Waals surface area contributed by atoms with E-state index in [1.165, 1.54) is 16.2 Å². The Kier molecular flexibility index (Phi) is 16.3. The maximum atomic E-state index is 14.5. The molecule has 0 radical (unpaired) electrons. The van der Waals surface area contributed by atoms with Crippen molar-refractivity contribution in [1.29, 1.82) is 5.26 Å². The van der Waals surface area contributed by atoms with Gasteiger partial charge in [-0.3, -0.25) is 9.59 Å². The number of nitrogens with two attached hydrogens (primary N) is 1. The van der Waals surface area contributed by atoms with Crippen molar-refractivity contribution in [1.82, 2.24) is 40.4 Å². The van der Waals surface area contributed by atoms with Crippen LogP contribution in [0.5, 0.6) is 11.6 Å². The molecule has 2 unspecified atom stereocenters. The normalized spacial score (nSPS) is 24.0. The van der Waals surface area contributed by atoms with E-state index in [0.717, 1.165) is 125 Å². The minimum atomic E-state index is -0.888. The maximum absolute atomic E-state index is 14.5. The van der Waals surface area contributed by atoms with Crippen molar-refractivity contribution in [3.63, 3.8) is 0 Å². The molecule has 9 heterocycles. The van der Waals surface area contributed by atoms with Crippen LogP contribution in [0.25, 0.3) is 21.7 Å². The molecule has 2 aromatic carbocycles. The third-order valence-corrected chi connectivity index (χ3v) is 19.1. The number of phenols is 1. The lowest BCUT2D eigenvalue weighted by Gasteiger charge is -2.43. The summed E-state index contributed by atoms with van der Waals surface area (Å²) in [6.45, 7) is 14.1. The monoisotopic (exact) mass is 1150 g/mol. The Balaban J connectivity index is 0.569. The lowest BCUT2D eigenvalue weighted by molar-refractivity contribution is -0.141. The number of thiazole rings is 1. The Morgan fingerprint density at radius 2 is 1.65 bits per heavy atom. The van der Waals surface area contributed by atoms with Gasteiger partial charge >= 0.3 is 0 Å². The number of carbonyl (C=O) groups excluding carboxylic acids is 2. The van der Waals surface area contributed by atoms with Crippen LogP contribution >= 0.6 is 11.3 Å². The fourth-order valence-corrected chi connectivity index (χ4v) is 14.5. The molecular weight excluding hydrogens is 1070 g/mol. The van der Waals surface area contributed by atoms with Crippen LogP contribution in [-0.4, -0.2) is 152 Å². The van der Waals surface area contributed by atoms with Gasteiger partial charge in [-0.05, 0) is 106 Å². The number of hydrogen-bond acceptors (Lipinski definition) is 19. The first-order valence-corrected chi connectivity index (χ1v) is 30.5. The van der Waals surface area contributed by atoms with Gasteiger partial charge in [-0.1, -0.05) is 43.3 Å². The standard InChI is InChI=1S/C62H75N13O7S/c1-36(2)58(62(79)74-34-45(76)25-53(74)61(78)67-37(3)49-12-9-40(23-41(49)30-63)59-38(4)66-35-83-59)55-29-56(70-82-55)72-21-14-39(15-22-72)31-71-19-16-46(17-20-71)80-47-26-48(27-47)81-57-24-42(13-18-65-57)75-43-10-11-44(75)33-73(32-43)52-28-51(68-69-60(52)64)50-7-5-6-8-54(50)77/h5-9,12-13,18,23-24,28-29,35-37,39,43-48,53,58,76-77H,10-11,14-17,19-22,25-27,31-34H2,1-4H3,(H2,64,69)(H,67,78)/t37-,43?,44?,45+,47?,48?,53-,58+/m0/s1. The van der Waals surface area contributed by atoms with Gasteiger partial charge in [-0.25, -0.2) is 9.97 Å². The Bertz CT molecular complexity index is 3310. The van der Waals surface area contributed by atoms with E-state index in [4.69, 9.17) is 19.7 Å². The summed E-state index contributed by atoms with van der Waals surface area (Å²) in [7, 11) is 0. The van der Waals surface area contributed by atoms with E-state index in [9.17, 15) is 25.1 Å². The number of nitrogens with one attached hydrogen (secondary N) is 1. The number of aromatic hydroxyl groups is 1. The zero-order valence-electron chi connectivity index (χ0n) is 47.7. The number of hydrogen-bond donors (Lipinski definition) is 4. The molecule has 5 aliphatic heterocycles. The number of likely N-dealkylation sites (tertiary alicyclic amines) is 2. The number of aliphatic hydroxyl groups is 1. The van der Waals surface area contributed by atoms with Gasteiger partial charge in [0, 0.05) is 113 Å². The number of aryl methyl sites for hydroxylation is 1. The molecule has 2 bridgehead atoms. The van der Waals surface area contributed by atoms with Crippen molar-refractivity contribution < 1.29 is 33.8 Å².